The van der Waals surface area contributed by atoms with Gasteiger partial charge in [-0.3, -0.25) is 0 Å². The minimum atomic E-state index is -0.0153. The Morgan fingerprint density at radius 2 is 2.21 bits per heavy atom. The third-order valence-electron chi connectivity index (χ3n) is 5.62. The number of nitrogens with one attached hydrogen (secondary N) is 2. The van der Waals surface area contributed by atoms with Gasteiger partial charge in [-0.25, -0.2) is 9.78 Å². The van der Waals surface area contributed by atoms with Crippen molar-refractivity contribution in [2.45, 2.75) is 52.5 Å². The minimum Gasteiger partial charge on any atom is -0.361 e. The zero-order chi connectivity index (χ0) is 19.7. The lowest BCUT2D eigenvalue weighted by Crippen LogP contribution is -2.40. The van der Waals surface area contributed by atoms with Crippen LogP contribution in [0.25, 0.3) is 11.0 Å². The van der Waals surface area contributed by atoms with Crippen molar-refractivity contribution in [3.63, 3.8) is 0 Å². The molecule has 1 fully saturated rings. The van der Waals surface area contributed by atoms with Crippen LogP contribution < -0.4 is 5.32 Å². The monoisotopic (exact) mass is 381 g/mol. The summed E-state index contributed by atoms with van der Waals surface area (Å²) < 4.78 is 5.20. The van der Waals surface area contributed by atoms with Gasteiger partial charge >= 0.3 is 6.03 Å². The number of urea groups is 1. The molecule has 0 saturated carbocycles. The molecule has 1 aliphatic rings. The summed E-state index contributed by atoms with van der Waals surface area (Å²) in [5.74, 6) is 1.75. The number of para-hydroxylation sites is 1. The molecule has 2 N–H and O–H groups in total. The minimum absolute atomic E-state index is 0.00867. The predicted octanol–water partition coefficient (Wildman–Crippen LogP) is 3.96. The van der Waals surface area contributed by atoms with Gasteiger partial charge in [-0.15, -0.1) is 0 Å². The van der Waals surface area contributed by atoms with E-state index >= 15 is 0 Å². The first-order chi connectivity index (χ1) is 13.5. The summed E-state index contributed by atoms with van der Waals surface area (Å²) in [4.78, 5) is 22.8. The standard InChI is InChI=1S/C21H27N5O2/c1-13-7-4-9-17-19(13)24-20(23-17)18-10-6-12-26(18)21(27)22-11-5-8-16-14(2)25-28-15(16)3/h4,7,9,18H,5-6,8,10-12H2,1-3H3,(H,22,27)(H,23,24)/t18-/m0/s1. The van der Waals surface area contributed by atoms with Crippen LogP contribution in [-0.2, 0) is 6.42 Å². The van der Waals surface area contributed by atoms with Crippen LogP contribution >= 0.6 is 0 Å². The molecule has 7 heteroatoms. The molecule has 3 heterocycles. The quantitative estimate of drug-likeness (QED) is 0.655. The number of hydrogen-bond acceptors (Lipinski definition) is 4. The molecule has 1 atom stereocenters. The summed E-state index contributed by atoms with van der Waals surface area (Å²) in [5.41, 5.74) is 5.24. The van der Waals surface area contributed by atoms with Crippen molar-refractivity contribution in [2.75, 3.05) is 13.1 Å². The fraction of sp³-hybridized carbons (Fsp3) is 0.476. The van der Waals surface area contributed by atoms with Crippen molar-refractivity contribution in [1.82, 2.24) is 25.3 Å². The van der Waals surface area contributed by atoms with Gasteiger partial charge in [0.05, 0.1) is 22.8 Å². The van der Waals surface area contributed by atoms with Gasteiger partial charge in [0.1, 0.15) is 11.6 Å². The van der Waals surface area contributed by atoms with Gasteiger partial charge in [-0.2, -0.15) is 0 Å². The molecule has 1 aromatic carbocycles. The lowest BCUT2D eigenvalue weighted by molar-refractivity contribution is 0.191. The molecule has 2 aromatic heterocycles. The molecule has 1 saturated heterocycles. The van der Waals surface area contributed by atoms with Crippen LogP contribution in [0.4, 0.5) is 4.79 Å². The van der Waals surface area contributed by atoms with E-state index in [0.29, 0.717) is 6.54 Å². The highest BCUT2D eigenvalue weighted by Gasteiger charge is 2.32. The first-order valence-electron chi connectivity index (χ1n) is 9.96. The van der Waals surface area contributed by atoms with Crippen molar-refractivity contribution >= 4 is 17.1 Å². The maximum absolute atomic E-state index is 12.7. The Hall–Kier alpha value is -2.83. The topological polar surface area (TPSA) is 87.1 Å². The highest BCUT2D eigenvalue weighted by molar-refractivity contribution is 5.79. The van der Waals surface area contributed by atoms with Crippen LogP contribution in [0.1, 0.15) is 53.7 Å². The van der Waals surface area contributed by atoms with Crippen molar-refractivity contribution in [1.29, 1.82) is 0 Å². The van der Waals surface area contributed by atoms with Crippen LogP contribution in [-0.4, -0.2) is 39.1 Å². The van der Waals surface area contributed by atoms with E-state index in [9.17, 15) is 4.79 Å². The van der Waals surface area contributed by atoms with E-state index in [-0.39, 0.29) is 12.1 Å². The number of hydrogen-bond donors (Lipinski definition) is 2. The molecule has 7 nitrogen and oxygen atoms in total. The average Bonchev–Trinajstić information content (AvgIpc) is 3.39. The number of aryl methyl sites for hydroxylation is 3. The van der Waals surface area contributed by atoms with E-state index in [1.54, 1.807) is 0 Å². The van der Waals surface area contributed by atoms with Crippen molar-refractivity contribution in [3.8, 4) is 0 Å². The molecule has 3 aromatic rings. The van der Waals surface area contributed by atoms with Gasteiger partial charge in [0, 0.05) is 18.7 Å². The van der Waals surface area contributed by atoms with E-state index in [0.717, 1.165) is 71.7 Å². The summed E-state index contributed by atoms with van der Waals surface area (Å²) in [5, 5.41) is 7.04. The van der Waals surface area contributed by atoms with Gasteiger partial charge in [-0.05, 0) is 58.1 Å². The summed E-state index contributed by atoms with van der Waals surface area (Å²) >= 11 is 0. The van der Waals surface area contributed by atoms with Gasteiger partial charge in [0.15, 0.2) is 0 Å². The molecule has 0 unspecified atom stereocenters. The van der Waals surface area contributed by atoms with E-state index in [1.807, 2.05) is 30.9 Å². The Balaban J connectivity index is 1.37. The smallest absolute Gasteiger partial charge is 0.318 e. The van der Waals surface area contributed by atoms with Crippen LogP contribution in [0.3, 0.4) is 0 Å². The largest absolute Gasteiger partial charge is 0.361 e. The number of amides is 2. The average molecular weight is 381 g/mol. The fourth-order valence-electron chi connectivity index (χ4n) is 4.07. The predicted molar refractivity (Wildman–Crippen MR) is 107 cm³/mol. The van der Waals surface area contributed by atoms with Gasteiger partial charge in [0.2, 0.25) is 0 Å². The number of fused-ring (bicyclic) bond motifs is 1. The Labute approximate surface area is 164 Å². The summed E-state index contributed by atoms with van der Waals surface area (Å²) in [6.07, 6.45) is 3.64. The molecule has 0 radical (unpaired) electrons. The summed E-state index contributed by atoms with van der Waals surface area (Å²) in [6, 6.07) is 6.11. The van der Waals surface area contributed by atoms with E-state index in [1.165, 1.54) is 0 Å². The zero-order valence-electron chi connectivity index (χ0n) is 16.7. The molecule has 4 rings (SSSR count). The zero-order valence-corrected chi connectivity index (χ0v) is 16.7. The van der Waals surface area contributed by atoms with E-state index < -0.39 is 0 Å². The number of H-pyrrole nitrogens is 1. The summed E-state index contributed by atoms with van der Waals surface area (Å²) in [7, 11) is 0. The van der Waals surface area contributed by atoms with Crippen molar-refractivity contribution in [3.05, 3.63) is 46.6 Å². The normalized spacial score (nSPS) is 16.8. The van der Waals surface area contributed by atoms with Gasteiger partial charge in [0.25, 0.3) is 0 Å². The van der Waals surface area contributed by atoms with Crippen LogP contribution in [0.5, 0.6) is 0 Å². The number of imidazole rings is 1. The second kappa shape index (κ2) is 7.66. The van der Waals surface area contributed by atoms with Crippen molar-refractivity contribution < 1.29 is 9.32 Å². The SMILES string of the molecule is Cc1noc(C)c1CCCNC(=O)N1CCC[C@H]1c1nc2c(C)cccc2[nH]1. The number of carbonyl (C=O) groups is 1. The first kappa shape index (κ1) is 18.5. The molecule has 0 spiro atoms. The molecular weight excluding hydrogens is 354 g/mol. The molecule has 0 bridgehead atoms. The second-order valence-electron chi connectivity index (χ2n) is 7.58. The molecular formula is C21H27N5O2. The number of benzene rings is 1. The first-order valence-corrected chi connectivity index (χ1v) is 9.96. The number of aromatic nitrogens is 3. The second-order valence-corrected chi connectivity index (χ2v) is 7.58. The lowest BCUT2D eigenvalue weighted by Gasteiger charge is -2.23. The number of carbonyl (C=O) groups excluding carboxylic acids is 1. The number of likely N-dealkylation sites (tertiary alicyclic amines) is 1. The highest BCUT2D eigenvalue weighted by Crippen LogP contribution is 2.31. The maximum atomic E-state index is 12.7. The highest BCUT2D eigenvalue weighted by atomic mass is 16.5. The number of aromatic amines is 1. The summed E-state index contributed by atoms with van der Waals surface area (Å²) in [6.45, 7) is 7.33. The molecule has 1 aliphatic heterocycles. The van der Waals surface area contributed by atoms with E-state index in [2.05, 4.69) is 28.4 Å². The Morgan fingerprint density at radius 1 is 1.36 bits per heavy atom. The van der Waals surface area contributed by atoms with E-state index in [4.69, 9.17) is 9.51 Å². The van der Waals surface area contributed by atoms with Crippen LogP contribution in [0.15, 0.2) is 22.7 Å². The van der Waals surface area contributed by atoms with Crippen LogP contribution in [0.2, 0.25) is 0 Å². The third-order valence-corrected chi connectivity index (χ3v) is 5.62. The van der Waals surface area contributed by atoms with Crippen molar-refractivity contribution in [2.24, 2.45) is 0 Å². The third kappa shape index (κ3) is 3.48. The Bertz CT molecular complexity index is 971. The Kier molecular flexibility index (Phi) is 5.07. The number of nitrogens with zero attached hydrogens (tertiary/aromatic N) is 3. The van der Waals surface area contributed by atoms with Crippen LogP contribution in [0, 0.1) is 20.8 Å². The van der Waals surface area contributed by atoms with Gasteiger partial charge in [-0.1, -0.05) is 17.3 Å². The molecule has 28 heavy (non-hydrogen) atoms. The fourth-order valence-corrected chi connectivity index (χ4v) is 4.07. The molecule has 0 aliphatic carbocycles. The maximum Gasteiger partial charge on any atom is 0.318 e. The van der Waals surface area contributed by atoms with Gasteiger partial charge < -0.3 is 19.7 Å². The lowest BCUT2D eigenvalue weighted by atomic mass is 10.1. The molecule has 2 amide bonds. The number of rotatable bonds is 5. The Morgan fingerprint density at radius 3 is 2.96 bits per heavy atom. The molecule has 148 valence electrons.